The number of benzene rings is 1. The second-order valence-electron chi connectivity index (χ2n) is 3.17. The third-order valence-electron chi connectivity index (χ3n) is 1.83. The fourth-order valence-electron chi connectivity index (χ4n) is 1.07. The molecule has 96 valence electrons. The van der Waals surface area contributed by atoms with Gasteiger partial charge in [-0.3, -0.25) is 0 Å². The summed E-state index contributed by atoms with van der Waals surface area (Å²) in [4.78, 5) is 3.21. The number of aromatic nitrogens is 2. The lowest BCUT2D eigenvalue weighted by Crippen LogP contribution is -2.06. The van der Waals surface area contributed by atoms with Crippen LogP contribution in [-0.2, 0) is 6.18 Å². The largest absolute Gasteiger partial charge is 0.452 e. The molecule has 1 heterocycles. The molecule has 0 aliphatic rings. The molecule has 0 radical (unpaired) electrons. The number of ether oxygens (including phenoxy) is 1. The summed E-state index contributed by atoms with van der Waals surface area (Å²) < 4.78 is 45.0. The van der Waals surface area contributed by atoms with Crippen LogP contribution in [-0.4, -0.2) is 9.36 Å². The van der Waals surface area contributed by atoms with Crippen LogP contribution in [0.5, 0.6) is 10.9 Å². The summed E-state index contributed by atoms with van der Waals surface area (Å²) in [6.07, 6.45) is -4.59. The van der Waals surface area contributed by atoms with Crippen LogP contribution < -0.4 is 10.5 Å². The molecule has 4 nitrogen and oxygen atoms in total. The van der Waals surface area contributed by atoms with Gasteiger partial charge in [0, 0.05) is 16.6 Å². The second kappa shape index (κ2) is 4.62. The number of rotatable bonds is 2. The highest BCUT2D eigenvalue weighted by atomic mass is 35.5. The number of halogens is 4. The van der Waals surface area contributed by atoms with E-state index in [0.717, 1.165) is 0 Å². The number of nitrogens with zero attached hydrogens (tertiary/aromatic N) is 2. The minimum Gasteiger partial charge on any atom is -0.428 e. The Morgan fingerprint density at radius 1 is 1.33 bits per heavy atom. The van der Waals surface area contributed by atoms with Crippen LogP contribution in [0.15, 0.2) is 18.2 Å². The van der Waals surface area contributed by atoms with Crippen LogP contribution in [0.3, 0.4) is 0 Å². The molecule has 18 heavy (non-hydrogen) atoms. The van der Waals surface area contributed by atoms with Gasteiger partial charge in [-0.05, 0) is 18.2 Å². The van der Waals surface area contributed by atoms with E-state index >= 15 is 0 Å². The number of nitrogen functional groups attached to an aromatic ring is 1. The van der Waals surface area contributed by atoms with Crippen molar-refractivity contribution >= 4 is 28.8 Å². The van der Waals surface area contributed by atoms with E-state index in [1.807, 2.05) is 0 Å². The van der Waals surface area contributed by atoms with Crippen molar-refractivity contribution in [2.24, 2.45) is 0 Å². The van der Waals surface area contributed by atoms with Crippen molar-refractivity contribution in [3.8, 4) is 10.9 Å². The molecule has 0 saturated carbocycles. The molecule has 0 fully saturated rings. The molecular formula is C9H5ClF3N3OS. The highest BCUT2D eigenvalue weighted by Gasteiger charge is 2.36. The van der Waals surface area contributed by atoms with Gasteiger partial charge in [-0.1, -0.05) is 11.6 Å². The molecule has 2 rings (SSSR count). The first-order valence-corrected chi connectivity index (χ1v) is 5.65. The number of anilines is 1. The van der Waals surface area contributed by atoms with Crippen molar-refractivity contribution in [1.82, 2.24) is 9.36 Å². The summed E-state index contributed by atoms with van der Waals surface area (Å²) >= 11 is 6.17. The Balaban J connectivity index is 2.21. The van der Waals surface area contributed by atoms with Gasteiger partial charge >= 0.3 is 6.18 Å². The summed E-state index contributed by atoms with van der Waals surface area (Å²) in [7, 11) is 0. The first-order valence-electron chi connectivity index (χ1n) is 4.50. The first kappa shape index (κ1) is 12.9. The fourth-order valence-corrected chi connectivity index (χ4v) is 1.82. The van der Waals surface area contributed by atoms with E-state index in [1.54, 1.807) is 0 Å². The fraction of sp³-hybridized carbons (Fsp3) is 0.111. The van der Waals surface area contributed by atoms with E-state index < -0.39 is 12.0 Å². The molecule has 2 aromatic rings. The molecule has 0 spiro atoms. The van der Waals surface area contributed by atoms with Crippen LogP contribution in [0.25, 0.3) is 0 Å². The highest BCUT2D eigenvalue weighted by Crippen LogP contribution is 2.34. The van der Waals surface area contributed by atoms with Gasteiger partial charge < -0.3 is 10.5 Å². The van der Waals surface area contributed by atoms with Gasteiger partial charge in [-0.15, -0.1) is 0 Å². The number of alkyl halides is 3. The Labute approximate surface area is 108 Å². The van der Waals surface area contributed by atoms with Crippen molar-refractivity contribution in [2.45, 2.75) is 6.18 Å². The van der Waals surface area contributed by atoms with E-state index in [-0.39, 0.29) is 16.6 Å². The SMILES string of the molecule is Nc1cc(Cl)ccc1Oc1nc(C(F)(F)F)ns1. The van der Waals surface area contributed by atoms with Gasteiger partial charge in [0.15, 0.2) is 5.75 Å². The predicted octanol–water partition coefficient (Wildman–Crippen LogP) is 3.58. The zero-order valence-corrected chi connectivity index (χ0v) is 10.1. The van der Waals surface area contributed by atoms with E-state index in [4.69, 9.17) is 22.1 Å². The van der Waals surface area contributed by atoms with Crippen LogP contribution >= 0.6 is 23.1 Å². The Morgan fingerprint density at radius 2 is 2.06 bits per heavy atom. The Morgan fingerprint density at radius 3 is 2.61 bits per heavy atom. The molecule has 0 aliphatic heterocycles. The summed E-state index contributed by atoms with van der Waals surface area (Å²) in [5.74, 6) is -1.07. The minimum atomic E-state index is -4.59. The zero-order chi connectivity index (χ0) is 13.3. The summed E-state index contributed by atoms with van der Waals surface area (Å²) in [5, 5.41) is 0.157. The van der Waals surface area contributed by atoms with Gasteiger partial charge in [-0.25, -0.2) is 0 Å². The van der Waals surface area contributed by atoms with Crippen molar-refractivity contribution in [3.05, 3.63) is 29.0 Å². The molecule has 1 aromatic carbocycles. The quantitative estimate of drug-likeness (QED) is 0.860. The second-order valence-corrected chi connectivity index (χ2v) is 4.32. The summed E-state index contributed by atoms with van der Waals surface area (Å²) in [6.45, 7) is 0. The predicted molar refractivity (Wildman–Crippen MR) is 60.8 cm³/mol. The third kappa shape index (κ3) is 2.82. The maximum atomic E-state index is 12.3. The monoisotopic (exact) mass is 295 g/mol. The minimum absolute atomic E-state index is 0.171. The van der Waals surface area contributed by atoms with Crippen molar-refractivity contribution in [1.29, 1.82) is 0 Å². The smallest absolute Gasteiger partial charge is 0.428 e. The van der Waals surface area contributed by atoms with Crippen LogP contribution in [0, 0.1) is 0 Å². The average molecular weight is 296 g/mol. The van der Waals surface area contributed by atoms with Crippen LogP contribution in [0.2, 0.25) is 5.02 Å². The average Bonchev–Trinajstić information content (AvgIpc) is 2.70. The van der Waals surface area contributed by atoms with Crippen molar-refractivity contribution in [3.63, 3.8) is 0 Å². The lowest BCUT2D eigenvalue weighted by molar-refractivity contribution is -0.144. The normalized spacial score (nSPS) is 11.6. The molecule has 9 heteroatoms. The third-order valence-corrected chi connectivity index (χ3v) is 2.66. The highest BCUT2D eigenvalue weighted by molar-refractivity contribution is 7.07. The van der Waals surface area contributed by atoms with Gasteiger partial charge in [0.25, 0.3) is 11.0 Å². The molecular weight excluding hydrogens is 291 g/mol. The van der Waals surface area contributed by atoms with Crippen molar-refractivity contribution < 1.29 is 17.9 Å². The number of nitrogens with two attached hydrogens (primary N) is 1. The maximum absolute atomic E-state index is 12.3. The van der Waals surface area contributed by atoms with Gasteiger partial charge in [0.2, 0.25) is 0 Å². The number of hydrogen-bond donors (Lipinski definition) is 1. The molecule has 1 aromatic heterocycles. The molecule has 0 bridgehead atoms. The van der Waals surface area contributed by atoms with Gasteiger partial charge in [0.05, 0.1) is 5.69 Å². The van der Waals surface area contributed by atoms with Crippen molar-refractivity contribution in [2.75, 3.05) is 5.73 Å². The molecule has 0 amide bonds. The van der Waals surface area contributed by atoms with E-state index in [0.29, 0.717) is 16.6 Å². The molecule has 0 aliphatic carbocycles. The van der Waals surface area contributed by atoms with Gasteiger partial charge in [-0.2, -0.15) is 22.5 Å². The lowest BCUT2D eigenvalue weighted by atomic mass is 10.3. The molecule has 2 N–H and O–H groups in total. The van der Waals surface area contributed by atoms with Gasteiger partial charge in [0.1, 0.15) is 0 Å². The lowest BCUT2D eigenvalue weighted by Gasteiger charge is -2.04. The zero-order valence-electron chi connectivity index (χ0n) is 8.53. The summed E-state index contributed by atoms with van der Waals surface area (Å²) in [5.41, 5.74) is 5.79. The molecule has 0 saturated heterocycles. The van der Waals surface area contributed by atoms with E-state index in [1.165, 1.54) is 18.2 Å². The first-order chi connectivity index (χ1) is 8.36. The maximum Gasteiger partial charge on any atom is 0.452 e. The Hall–Kier alpha value is -1.54. The Kier molecular flexibility index (Phi) is 3.31. The molecule has 0 unspecified atom stereocenters. The van der Waals surface area contributed by atoms with E-state index in [2.05, 4.69) is 9.36 Å². The Bertz CT molecular complexity index is 572. The van der Waals surface area contributed by atoms with Crippen LogP contribution in [0.4, 0.5) is 18.9 Å². The topological polar surface area (TPSA) is 61.0 Å². The standard InChI is InChI=1S/C9H5ClF3N3OS/c10-4-1-2-6(5(14)3-4)17-8-15-7(16-18-8)9(11,12)13/h1-3H,14H2. The molecule has 0 atom stereocenters. The van der Waals surface area contributed by atoms with Crippen LogP contribution in [0.1, 0.15) is 5.82 Å². The summed E-state index contributed by atoms with van der Waals surface area (Å²) in [6, 6.07) is 4.36. The number of hydrogen-bond acceptors (Lipinski definition) is 5. The van der Waals surface area contributed by atoms with E-state index in [9.17, 15) is 13.2 Å².